The van der Waals surface area contributed by atoms with Gasteiger partial charge in [-0.15, -0.1) is 0 Å². The van der Waals surface area contributed by atoms with E-state index in [0.717, 1.165) is 4.47 Å². The molecule has 0 aromatic carbocycles. The van der Waals surface area contributed by atoms with Crippen LogP contribution in [0.1, 0.15) is 21.9 Å². The molecule has 2 rings (SSSR count). The van der Waals surface area contributed by atoms with Crippen molar-refractivity contribution in [1.82, 2.24) is 9.97 Å². The number of aromatic nitrogens is 2. The number of hydrogen-bond donors (Lipinski definition) is 1. The van der Waals surface area contributed by atoms with Crippen molar-refractivity contribution in [3.63, 3.8) is 0 Å². The molecule has 6 heteroatoms. The number of halogens is 1. The molecule has 98 valence electrons. The molecule has 0 unspecified atom stereocenters. The lowest BCUT2D eigenvalue weighted by atomic mass is 10.3. The van der Waals surface area contributed by atoms with Gasteiger partial charge in [0.25, 0.3) is 0 Å². The van der Waals surface area contributed by atoms with Crippen molar-refractivity contribution < 1.29 is 14.6 Å². The number of nitrogens with zero attached hydrogens (tertiary/aromatic N) is 2. The normalized spacial score (nSPS) is 10.2. The first kappa shape index (κ1) is 13.5. The molecular formula is C13H11BrN2O3. The van der Waals surface area contributed by atoms with Gasteiger partial charge < -0.3 is 9.84 Å². The van der Waals surface area contributed by atoms with Gasteiger partial charge in [0.05, 0.1) is 5.69 Å². The van der Waals surface area contributed by atoms with E-state index in [1.54, 1.807) is 31.3 Å². The monoisotopic (exact) mass is 322 g/mol. The predicted octanol–water partition coefficient (Wildman–Crippen LogP) is 2.82. The van der Waals surface area contributed by atoms with Crippen molar-refractivity contribution in [3.05, 3.63) is 52.0 Å². The average Bonchev–Trinajstić information content (AvgIpc) is 2.39. The van der Waals surface area contributed by atoms with E-state index in [4.69, 9.17) is 9.84 Å². The van der Waals surface area contributed by atoms with Crippen LogP contribution in [0.5, 0.6) is 5.75 Å². The van der Waals surface area contributed by atoms with Crippen LogP contribution in [0.15, 0.2) is 34.9 Å². The van der Waals surface area contributed by atoms with Gasteiger partial charge in [-0.25, -0.2) is 9.78 Å². The minimum atomic E-state index is -1.11. The third-order valence-corrected chi connectivity index (χ3v) is 2.83. The molecule has 0 aliphatic rings. The van der Waals surface area contributed by atoms with E-state index in [9.17, 15) is 4.79 Å². The first-order valence-corrected chi connectivity index (χ1v) is 6.30. The number of aryl methyl sites for hydroxylation is 1. The number of aromatic carboxylic acids is 1. The van der Waals surface area contributed by atoms with E-state index in [-0.39, 0.29) is 18.1 Å². The molecule has 0 radical (unpaired) electrons. The summed E-state index contributed by atoms with van der Waals surface area (Å²) in [5, 5.41) is 9.06. The second-order valence-electron chi connectivity index (χ2n) is 3.86. The highest BCUT2D eigenvalue weighted by atomic mass is 79.9. The number of carbonyl (C=O) groups is 1. The highest BCUT2D eigenvalue weighted by Gasteiger charge is 2.13. The highest BCUT2D eigenvalue weighted by Crippen LogP contribution is 2.18. The summed E-state index contributed by atoms with van der Waals surface area (Å²) in [6, 6.07) is 6.95. The summed E-state index contributed by atoms with van der Waals surface area (Å²) in [6.07, 6.45) is 1.66. The molecule has 0 saturated heterocycles. The molecule has 2 aromatic heterocycles. The molecule has 0 saturated carbocycles. The van der Waals surface area contributed by atoms with Crippen LogP contribution >= 0.6 is 15.9 Å². The Morgan fingerprint density at radius 3 is 2.79 bits per heavy atom. The van der Waals surface area contributed by atoms with Crippen LogP contribution in [0.4, 0.5) is 0 Å². The fourth-order valence-electron chi connectivity index (χ4n) is 1.46. The summed E-state index contributed by atoms with van der Waals surface area (Å²) in [5.74, 6) is -0.870. The molecule has 0 aliphatic carbocycles. The van der Waals surface area contributed by atoms with Crippen LogP contribution in [0.2, 0.25) is 0 Å². The summed E-state index contributed by atoms with van der Waals surface area (Å²) < 4.78 is 6.33. The van der Waals surface area contributed by atoms with Crippen LogP contribution in [0, 0.1) is 6.92 Å². The summed E-state index contributed by atoms with van der Waals surface area (Å²) in [6.45, 7) is 1.92. The smallest absolute Gasteiger partial charge is 0.358 e. The van der Waals surface area contributed by atoms with E-state index in [1.807, 2.05) is 6.07 Å². The fourth-order valence-corrected chi connectivity index (χ4v) is 1.69. The van der Waals surface area contributed by atoms with Gasteiger partial charge in [0, 0.05) is 16.4 Å². The predicted molar refractivity (Wildman–Crippen MR) is 72.2 cm³/mol. The Morgan fingerprint density at radius 1 is 1.37 bits per heavy atom. The molecule has 0 aliphatic heterocycles. The van der Waals surface area contributed by atoms with Crippen LogP contribution in [-0.4, -0.2) is 21.0 Å². The van der Waals surface area contributed by atoms with Crippen LogP contribution in [-0.2, 0) is 6.61 Å². The average molecular weight is 323 g/mol. The van der Waals surface area contributed by atoms with E-state index in [0.29, 0.717) is 11.4 Å². The Hall–Kier alpha value is -1.95. The number of carboxylic acid groups (broad SMARTS) is 1. The molecule has 1 N–H and O–H groups in total. The van der Waals surface area contributed by atoms with Crippen molar-refractivity contribution in [2.24, 2.45) is 0 Å². The zero-order chi connectivity index (χ0) is 13.8. The van der Waals surface area contributed by atoms with Gasteiger partial charge in [0.2, 0.25) is 0 Å². The van der Waals surface area contributed by atoms with Crippen molar-refractivity contribution in [1.29, 1.82) is 0 Å². The summed E-state index contributed by atoms with van der Waals surface area (Å²) in [4.78, 5) is 19.2. The van der Waals surface area contributed by atoms with Gasteiger partial charge in [0.15, 0.2) is 11.4 Å². The molecule has 19 heavy (non-hydrogen) atoms. The number of rotatable bonds is 4. The Morgan fingerprint density at radius 2 is 2.16 bits per heavy atom. The summed E-state index contributed by atoms with van der Waals surface area (Å²) >= 11 is 3.29. The van der Waals surface area contributed by atoms with Gasteiger partial charge in [-0.1, -0.05) is 0 Å². The molecule has 2 aromatic rings. The largest absolute Gasteiger partial charge is 0.485 e. The van der Waals surface area contributed by atoms with Crippen molar-refractivity contribution in [2.45, 2.75) is 13.5 Å². The summed E-state index contributed by atoms with van der Waals surface area (Å²) in [7, 11) is 0. The van der Waals surface area contributed by atoms with Crippen LogP contribution < -0.4 is 4.74 Å². The molecular weight excluding hydrogens is 312 g/mol. The second-order valence-corrected chi connectivity index (χ2v) is 4.78. The van der Waals surface area contributed by atoms with E-state index < -0.39 is 5.97 Å². The van der Waals surface area contributed by atoms with E-state index in [1.165, 1.54) is 0 Å². The maximum Gasteiger partial charge on any atom is 0.358 e. The van der Waals surface area contributed by atoms with Crippen molar-refractivity contribution in [2.75, 3.05) is 0 Å². The number of hydrogen-bond acceptors (Lipinski definition) is 4. The van der Waals surface area contributed by atoms with Gasteiger partial charge in [0.1, 0.15) is 6.61 Å². The standard InChI is InChI=1S/C13H11BrN2O3/c1-8-2-5-11(12(16-8)13(17)18)19-7-10-4-3-9(14)6-15-10/h2-6H,7H2,1H3,(H,17,18). The van der Waals surface area contributed by atoms with Crippen molar-refractivity contribution >= 4 is 21.9 Å². The first-order valence-electron chi connectivity index (χ1n) is 5.50. The molecule has 2 heterocycles. The van der Waals surface area contributed by atoms with Gasteiger partial charge >= 0.3 is 5.97 Å². The Labute approximate surface area is 118 Å². The Balaban J connectivity index is 2.15. The van der Waals surface area contributed by atoms with E-state index >= 15 is 0 Å². The van der Waals surface area contributed by atoms with Gasteiger partial charge in [-0.3, -0.25) is 4.98 Å². The number of carboxylic acids is 1. The highest BCUT2D eigenvalue weighted by molar-refractivity contribution is 9.10. The maximum absolute atomic E-state index is 11.1. The zero-order valence-electron chi connectivity index (χ0n) is 10.1. The van der Waals surface area contributed by atoms with Crippen LogP contribution in [0.3, 0.4) is 0 Å². The number of pyridine rings is 2. The molecule has 5 nitrogen and oxygen atoms in total. The molecule has 0 bridgehead atoms. The lowest BCUT2D eigenvalue weighted by Gasteiger charge is -2.08. The third kappa shape index (κ3) is 3.51. The maximum atomic E-state index is 11.1. The van der Waals surface area contributed by atoms with Crippen LogP contribution in [0.25, 0.3) is 0 Å². The summed E-state index contributed by atoms with van der Waals surface area (Å²) in [5.41, 5.74) is 1.25. The molecule has 0 atom stereocenters. The minimum absolute atomic E-state index is 0.0860. The van der Waals surface area contributed by atoms with E-state index in [2.05, 4.69) is 25.9 Å². The Bertz CT molecular complexity index is 599. The fraction of sp³-hybridized carbons (Fsp3) is 0.154. The van der Waals surface area contributed by atoms with Gasteiger partial charge in [-0.2, -0.15) is 0 Å². The zero-order valence-corrected chi connectivity index (χ0v) is 11.7. The number of ether oxygens (including phenoxy) is 1. The molecule has 0 spiro atoms. The second kappa shape index (κ2) is 5.79. The van der Waals surface area contributed by atoms with Crippen molar-refractivity contribution in [3.8, 4) is 5.75 Å². The first-order chi connectivity index (χ1) is 9.06. The molecule has 0 amide bonds. The quantitative estimate of drug-likeness (QED) is 0.937. The van der Waals surface area contributed by atoms with Gasteiger partial charge in [-0.05, 0) is 47.1 Å². The molecule has 0 fully saturated rings. The SMILES string of the molecule is Cc1ccc(OCc2ccc(Br)cn2)c(C(=O)O)n1. The topological polar surface area (TPSA) is 72.3 Å². The third-order valence-electron chi connectivity index (χ3n) is 2.36. The minimum Gasteiger partial charge on any atom is -0.485 e. The lowest BCUT2D eigenvalue weighted by molar-refractivity contribution is 0.0684. The lowest BCUT2D eigenvalue weighted by Crippen LogP contribution is -2.07. The Kier molecular flexibility index (Phi) is 4.11.